The van der Waals surface area contributed by atoms with Crippen LogP contribution in [0.15, 0.2) is 18.3 Å². The van der Waals surface area contributed by atoms with Gasteiger partial charge in [-0.15, -0.1) is 0 Å². The van der Waals surface area contributed by atoms with Gasteiger partial charge in [0.2, 0.25) is 0 Å². The average Bonchev–Trinajstić information content (AvgIpc) is 2.76. The first-order chi connectivity index (χ1) is 8.41. The van der Waals surface area contributed by atoms with Crippen molar-refractivity contribution in [2.24, 2.45) is 0 Å². The lowest BCUT2D eigenvalue weighted by Crippen LogP contribution is -2.08. The Morgan fingerprint density at radius 3 is 2.17 bits per heavy atom. The molecule has 18 heavy (non-hydrogen) atoms. The lowest BCUT2D eigenvalue weighted by atomic mass is 10.2. The molecule has 4 nitrogen and oxygen atoms in total. The van der Waals surface area contributed by atoms with Gasteiger partial charge in [-0.25, -0.2) is 27.0 Å². The Bertz CT molecular complexity index is 613. The zero-order valence-electron chi connectivity index (χ0n) is 8.49. The summed E-state index contributed by atoms with van der Waals surface area (Å²) in [5.74, 6) is -7.96. The molecule has 0 amide bonds. The molecule has 0 aliphatic rings. The minimum absolute atomic E-state index is 0.0514. The Hall–Kier alpha value is -2.38. The van der Waals surface area contributed by atoms with Crippen molar-refractivity contribution in [2.75, 3.05) is 0 Å². The second-order valence-electron chi connectivity index (χ2n) is 3.27. The molecule has 0 aliphatic heterocycles. The van der Waals surface area contributed by atoms with Gasteiger partial charge >= 0.3 is 5.97 Å². The van der Waals surface area contributed by atoms with E-state index in [0.29, 0.717) is 4.68 Å². The van der Waals surface area contributed by atoms with Gasteiger partial charge in [-0.1, -0.05) is 0 Å². The Labute approximate surface area is 97.1 Å². The zero-order valence-corrected chi connectivity index (χ0v) is 8.49. The maximum Gasteiger partial charge on any atom is 0.356 e. The highest BCUT2D eigenvalue weighted by Gasteiger charge is 2.22. The van der Waals surface area contributed by atoms with Crippen LogP contribution in [0, 0.1) is 23.3 Å². The van der Waals surface area contributed by atoms with E-state index in [1.807, 2.05) is 0 Å². The number of carboxylic acid groups (broad SMARTS) is 1. The fourth-order valence-corrected chi connectivity index (χ4v) is 1.32. The minimum Gasteiger partial charge on any atom is -0.476 e. The summed E-state index contributed by atoms with van der Waals surface area (Å²) in [4.78, 5) is 10.5. The topological polar surface area (TPSA) is 55.1 Å². The van der Waals surface area contributed by atoms with E-state index in [-0.39, 0.29) is 6.07 Å². The molecular formula is C10H4F4N2O2. The average molecular weight is 260 g/mol. The third-order valence-electron chi connectivity index (χ3n) is 2.13. The zero-order chi connectivity index (χ0) is 13.4. The van der Waals surface area contributed by atoms with E-state index in [9.17, 15) is 22.4 Å². The monoisotopic (exact) mass is 260 g/mol. The summed E-state index contributed by atoms with van der Waals surface area (Å²) in [5.41, 5.74) is -1.63. The van der Waals surface area contributed by atoms with E-state index in [1.165, 1.54) is 0 Å². The third kappa shape index (κ3) is 1.81. The van der Waals surface area contributed by atoms with Gasteiger partial charge in [-0.2, -0.15) is 5.10 Å². The molecule has 0 radical (unpaired) electrons. The van der Waals surface area contributed by atoms with Crippen LogP contribution >= 0.6 is 0 Å². The van der Waals surface area contributed by atoms with Gasteiger partial charge in [0.15, 0.2) is 29.0 Å². The van der Waals surface area contributed by atoms with Crippen molar-refractivity contribution in [1.29, 1.82) is 0 Å². The number of carboxylic acids is 1. The highest BCUT2D eigenvalue weighted by atomic mass is 19.2. The van der Waals surface area contributed by atoms with E-state index < -0.39 is 40.6 Å². The van der Waals surface area contributed by atoms with Crippen LogP contribution in [0.25, 0.3) is 5.69 Å². The molecule has 0 fully saturated rings. The summed E-state index contributed by atoms with van der Waals surface area (Å²) in [6.07, 6.45) is 0.879. The fraction of sp³-hybridized carbons (Fsp3) is 0. The van der Waals surface area contributed by atoms with E-state index in [4.69, 9.17) is 5.11 Å². The van der Waals surface area contributed by atoms with E-state index in [1.54, 1.807) is 0 Å². The molecule has 8 heteroatoms. The summed E-state index contributed by atoms with van der Waals surface area (Å²) in [6, 6.07) is 0.986. The first kappa shape index (κ1) is 12.1. The van der Waals surface area contributed by atoms with Gasteiger partial charge in [0, 0.05) is 12.3 Å². The van der Waals surface area contributed by atoms with Gasteiger partial charge in [0.25, 0.3) is 0 Å². The molecule has 0 saturated heterocycles. The Morgan fingerprint density at radius 2 is 1.72 bits per heavy atom. The van der Waals surface area contributed by atoms with Crippen molar-refractivity contribution in [1.82, 2.24) is 9.78 Å². The standard InChI is InChI=1S/C10H4F4N2O2/c11-4-3-5(12)8(14)9(7(4)13)16-2-1-6(15-16)10(17)18/h1-3H,(H,17,18). The number of aromatic nitrogens is 2. The van der Waals surface area contributed by atoms with E-state index in [0.717, 1.165) is 12.3 Å². The van der Waals surface area contributed by atoms with Crippen LogP contribution in [0.2, 0.25) is 0 Å². The summed E-state index contributed by atoms with van der Waals surface area (Å²) < 4.78 is 53.0. The molecular weight excluding hydrogens is 256 g/mol. The highest BCUT2D eigenvalue weighted by Crippen LogP contribution is 2.22. The molecule has 0 spiro atoms. The largest absolute Gasteiger partial charge is 0.476 e. The van der Waals surface area contributed by atoms with E-state index in [2.05, 4.69) is 5.10 Å². The predicted octanol–water partition coefficient (Wildman–Crippen LogP) is 2.13. The number of halogens is 4. The number of hydrogen-bond acceptors (Lipinski definition) is 2. The molecule has 0 bridgehead atoms. The summed E-state index contributed by atoms with van der Waals surface area (Å²) in [6.45, 7) is 0. The van der Waals surface area contributed by atoms with Crippen LogP contribution in [-0.2, 0) is 0 Å². The molecule has 94 valence electrons. The first-order valence-corrected chi connectivity index (χ1v) is 4.54. The fourth-order valence-electron chi connectivity index (χ4n) is 1.32. The van der Waals surface area contributed by atoms with Crippen LogP contribution in [0.4, 0.5) is 17.6 Å². The number of benzene rings is 1. The summed E-state index contributed by atoms with van der Waals surface area (Å²) in [5, 5.41) is 11.9. The molecule has 0 aliphatic carbocycles. The van der Waals surface area contributed by atoms with Crippen LogP contribution in [0.3, 0.4) is 0 Å². The maximum absolute atomic E-state index is 13.3. The first-order valence-electron chi connectivity index (χ1n) is 4.54. The minimum atomic E-state index is -1.66. The second kappa shape index (κ2) is 4.13. The Kier molecular flexibility index (Phi) is 2.77. The molecule has 2 aromatic rings. The van der Waals surface area contributed by atoms with Crippen molar-refractivity contribution in [2.45, 2.75) is 0 Å². The van der Waals surface area contributed by atoms with Crippen molar-refractivity contribution in [3.63, 3.8) is 0 Å². The molecule has 1 N–H and O–H groups in total. The molecule has 2 rings (SSSR count). The van der Waals surface area contributed by atoms with Gasteiger partial charge in [0.1, 0.15) is 5.69 Å². The summed E-state index contributed by atoms with van der Waals surface area (Å²) in [7, 11) is 0. The smallest absolute Gasteiger partial charge is 0.356 e. The van der Waals surface area contributed by atoms with E-state index >= 15 is 0 Å². The third-order valence-corrected chi connectivity index (χ3v) is 2.13. The molecule has 0 atom stereocenters. The Balaban J connectivity index is 2.66. The molecule has 0 saturated carbocycles. The number of nitrogens with zero attached hydrogens (tertiary/aromatic N) is 2. The number of hydrogen-bond donors (Lipinski definition) is 1. The van der Waals surface area contributed by atoms with Crippen molar-refractivity contribution in [3.05, 3.63) is 47.3 Å². The summed E-state index contributed by atoms with van der Waals surface area (Å²) >= 11 is 0. The molecule has 0 unspecified atom stereocenters. The highest BCUT2D eigenvalue weighted by molar-refractivity contribution is 5.85. The van der Waals surface area contributed by atoms with Crippen molar-refractivity contribution in [3.8, 4) is 5.69 Å². The molecule has 1 aromatic heterocycles. The van der Waals surface area contributed by atoms with Crippen LogP contribution in [0.5, 0.6) is 0 Å². The lowest BCUT2D eigenvalue weighted by molar-refractivity contribution is 0.0690. The predicted molar refractivity (Wildman–Crippen MR) is 50.4 cm³/mol. The molecule has 1 heterocycles. The van der Waals surface area contributed by atoms with Crippen molar-refractivity contribution < 1.29 is 27.5 Å². The SMILES string of the molecule is O=C(O)c1ccn(-c2c(F)c(F)cc(F)c2F)n1. The van der Waals surface area contributed by atoms with Crippen LogP contribution < -0.4 is 0 Å². The normalized spacial score (nSPS) is 10.7. The van der Waals surface area contributed by atoms with Crippen molar-refractivity contribution >= 4 is 5.97 Å². The van der Waals surface area contributed by atoms with Gasteiger partial charge in [0.05, 0.1) is 0 Å². The molecule has 1 aromatic carbocycles. The number of carbonyl (C=O) groups is 1. The van der Waals surface area contributed by atoms with Crippen LogP contribution in [0.1, 0.15) is 10.5 Å². The number of aromatic carboxylic acids is 1. The maximum atomic E-state index is 13.3. The quantitative estimate of drug-likeness (QED) is 0.664. The lowest BCUT2D eigenvalue weighted by Gasteiger charge is -2.06. The van der Waals surface area contributed by atoms with Crippen LogP contribution in [-0.4, -0.2) is 20.9 Å². The van der Waals surface area contributed by atoms with Gasteiger partial charge in [-0.3, -0.25) is 0 Å². The second-order valence-corrected chi connectivity index (χ2v) is 3.27. The van der Waals surface area contributed by atoms with Gasteiger partial charge in [-0.05, 0) is 6.07 Å². The number of rotatable bonds is 2. The Morgan fingerprint density at radius 1 is 1.17 bits per heavy atom. The van der Waals surface area contributed by atoms with Gasteiger partial charge < -0.3 is 5.11 Å².